The molecule has 2 heterocycles. The summed E-state index contributed by atoms with van der Waals surface area (Å²) in [6, 6.07) is 21.0. The molecule has 0 aliphatic heterocycles. The highest BCUT2D eigenvalue weighted by Crippen LogP contribution is 2.29. The van der Waals surface area contributed by atoms with E-state index in [9.17, 15) is 0 Å². The van der Waals surface area contributed by atoms with E-state index in [0.717, 1.165) is 0 Å². The summed E-state index contributed by atoms with van der Waals surface area (Å²) in [7, 11) is 0. The van der Waals surface area contributed by atoms with Gasteiger partial charge >= 0.3 is 0 Å². The minimum absolute atomic E-state index is 1.20. The Hall–Kier alpha value is -0.680. The Kier molecular flexibility index (Phi) is 4.56. The molecule has 0 bridgehead atoms. The maximum Gasteiger partial charge on any atom is 0.0711 e. The van der Waals surface area contributed by atoms with Crippen LogP contribution in [0.15, 0.2) is 68.2 Å². The second-order valence-electron chi connectivity index (χ2n) is 4.18. The third-order valence-electron chi connectivity index (χ3n) is 2.79. The molecule has 4 rings (SSSR count). The number of rotatable bonds is 0. The minimum Gasteiger partial charge on any atom is -0.128 e. The SMILES string of the molecule is Brc1cc2ccccc2s1.Brc1cc2ccccc2s1. The van der Waals surface area contributed by atoms with E-state index in [2.05, 4.69) is 92.5 Å². The van der Waals surface area contributed by atoms with Crippen LogP contribution in [0.1, 0.15) is 0 Å². The van der Waals surface area contributed by atoms with E-state index in [0.29, 0.717) is 0 Å². The van der Waals surface area contributed by atoms with Crippen LogP contribution in [-0.2, 0) is 0 Å². The Balaban J connectivity index is 0.000000121. The van der Waals surface area contributed by atoms with Crippen molar-refractivity contribution in [2.75, 3.05) is 0 Å². The maximum atomic E-state index is 3.44. The fourth-order valence-corrected chi connectivity index (χ4v) is 5.01. The average Bonchev–Trinajstić information content (AvgIpc) is 2.99. The topological polar surface area (TPSA) is 0 Å². The van der Waals surface area contributed by atoms with Crippen LogP contribution in [0.5, 0.6) is 0 Å². The molecule has 0 aliphatic carbocycles. The van der Waals surface area contributed by atoms with Crippen molar-refractivity contribution in [3.8, 4) is 0 Å². The molecule has 4 heteroatoms. The summed E-state index contributed by atoms with van der Waals surface area (Å²) in [4.78, 5) is 0. The summed E-state index contributed by atoms with van der Waals surface area (Å²) in [5, 5.41) is 2.64. The fourth-order valence-electron chi connectivity index (χ4n) is 1.90. The summed E-state index contributed by atoms with van der Waals surface area (Å²) in [6.07, 6.45) is 0. The number of hydrogen-bond acceptors (Lipinski definition) is 2. The molecule has 0 atom stereocenters. The first-order valence-corrected chi connectivity index (χ1v) is 9.22. The van der Waals surface area contributed by atoms with Gasteiger partial charge in [-0.1, -0.05) is 36.4 Å². The molecule has 0 N–H and O–H groups in total. The van der Waals surface area contributed by atoms with Gasteiger partial charge in [-0.05, 0) is 66.9 Å². The van der Waals surface area contributed by atoms with Crippen LogP contribution in [0.25, 0.3) is 20.2 Å². The molecule has 0 nitrogen and oxygen atoms in total. The first-order chi connectivity index (χ1) is 9.72. The Bertz CT molecular complexity index is 708. The molecular weight excluding hydrogens is 416 g/mol. The lowest BCUT2D eigenvalue weighted by molar-refractivity contribution is 1.85. The van der Waals surface area contributed by atoms with Gasteiger partial charge in [-0.2, -0.15) is 0 Å². The molecular formula is C16H10Br2S2. The fraction of sp³-hybridized carbons (Fsp3) is 0. The van der Waals surface area contributed by atoms with E-state index in [1.807, 2.05) is 0 Å². The zero-order valence-electron chi connectivity index (χ0n) is 10.3. The van der Waals surface area contributed by atoms with Crippen LogP contribution in [0.3, 0.4) is 0 Å². The molecule has 0 radical (unpaired) electrons. The van der Waals surface area contributed by atoms with Crippen molar-refractivity contribution < 1.29 is 0 Å². The van der Waals surface area contributed by atoms with Crippen molar-refractivity contribution in [2.24, 2.45) is 0 Å². The summed E-state index contributed by atoms with van der Waals surface area (Å²) >= 11 is 10.4. The monoisotopic (exact) mass is 424 g/mol. The first-order valence-electron chi connectivity index (χ1n) is 6.00. The molecule has 2 aromatic carbocycles. The highest BCUT2D eigenvalue weighted by molar-refractivity contribution is 9.11. The molecule has 0 aliphatic rings. The average molecular weight is 426 g/mol. The van der Waals surface area contributed by atoms with E-state index in [1.54, 1.807) is 22.7 Å². The highest BCUT2D eigenvalue weighted by Gasteiger charge is 1.95. The van der Waals surface area contributed by atoms with Crippen LogP contribution in [0.4, 0.5) is 0 Å². The lowest BCUT2D eigenvalue weighted by atomic mass is 10.3. The van der Waals surface area contributed by atoms with Gasteiger partial charge in [0.1, 0.15) is 0 Å². The van der Waals surface area contributed by atoms with Crippen molar-refractivity contribution in [3.63, 3.8) is 0 Å². The van der Waals surface area contributed by atoms with Crippen molar-refractivity contribution in [1.29, 1.82) is 0 Å². The lowest BCUT2D eigenvalue weighted by Crippen LogP contribution is -1.56. The summed E-state index contributed by atoms with van der Waals surface area (Å²) in [5.74, 6) is 0. The second-order valence-corrected chi connectivity index (χ2v) is 9.10. The second kappa shape index (κ2) is 6.39. The van der Waals surface area contributed by atoms with Gasteiger partial charge < -0.3 is 0 Å². The van der Waals surface area contributed by atoms with Gasteiger partial charge in [0, 0.05) is 9.40 Å². The highest BCUT2D eigenvalue weighted by atomic mass is 79.9. The third-order valence-corrected chi connectivity index (χ3v) is 6.03. The third kappa shape index (κ3) is 3.31. The number of thiophene rings is 2. The smallest absolute Gasteiger partial charge is 0.0711 e. The maximum absolute atomic E-state index is 3.44. The zero-order valence-corrected chi connectivity index (χ0v) is 15.2. The quantitative estimate of drug-likeness (QED) is 0.276. The van der Waals surface area contributed by atoms with Crippen molar-refractivity contribution in [3.05, 3.63) is 68.2 Å². The van der Waals surface area contributed by atoms with Crippen molar-refractivity contribution >= 4 is 74.7 Å². The van der Waals surface area contributed by atoms with E-state index >= 15 is 0 Å². The number of hydrogen-bond donors (Lipinski definition) is 0. The van der Waals surface area contributed by atoms with Gasteiger partial charge in [-0.15, -0.1) is 22.7 Å². The molecule has 0 fully saturated rings. The number of benzene rings is 2. The van der Waals surface area contributed by atoms with E-state index < -0.39 is 0 Å². The van der Waals surface area contributed by atoms with Gasteiger partial charge in [0.2, 0.25) is 0 Å². The largest absolute Gasteiger partial charge is 0.128 e. The molecule has 4 aromatic rings. The molecule has 0 amide bonds. The van der Waals surface area contributed by atoms with E-state index in [4.69, 9.17) is 0 Å². The lowest BCUT2D eigenvalue weighted by Gasteiger charge is -1.82. The van der Waals surface area contributed by atoms with Crippen LogP contribution in [-0.4, -0.2) is 0 Å². The molecule has 0 saturated carbocycles. The van der Waals surface area contributed by atoms with Crippen molar-refractivity contribution in [1.82, 2.24) is 0 Å². The Morgan fingerprint density at radius 2 is 1.00 bits per heavy atom. The van der Waals surface area contributed by atoms with Gasteiger partial charge in [0.25, 0.3) is 0 Å². The summed E-state index contributed by atoms with van der Waals surface area (Å²) in [6.45, 7) is 0. The van der Waals surface area contributed by atoms with Crippen LogP contribution in [0, 0.1) is 0 Å². The van der Waals surface area contributed by atoms with Gasteiger partial charge in [-0.25, -0.2) is 0 Å². The summed E-state index contributed by atoms with van der Waals surface area (Å²) in [5.41, 5.74) is 0. The number of halogens is 2. The molecule has 0 spiro atoms. The first kappa shape index (κ1) is 14.3. The summed E-state index contributed by atoms with van der Waals surface area (Å²) < 4.78 is 5.09. The van der Waals surface area contributed by atoms with Crippen molar-refractivity contribution in [2.45, 2.75) is 0 Å². The Morgan fingerprint density at radius 3 is 1.40 bits per heavy atom. The van der Waals surface area contributed by atoms with Crippen LogP contribution in [0.2, 0.25) is 0 Å². The standard InChI is InChI=1S/2C8H5BrS/c2*9-8-5-6-3-1-2-4-7(6)10-8/h2*1-5H. The number of fused-ring (bicyclic) bond motifs is 2. The molecule has 0 unspecified atom stereocenters. The van der Waals surface area contributed by atoms with Gasteiger partial charge in [0.05, 0.1) is 7.57 Å². The molecule has 100 valence electrons. The zero-order chi connectivity index (χ0) is 13.9. The molecule has 0 saturated heterocycles. The van der Waals surface area contributed by atoms with Crippen LogP contribution >= 0.6 is 54.5 Å². The van der Waals surface area contributed by atoms with E-state index in [-0.39, 0.29) is 0 Å². The Morgan fingerprint density at radius 1 is 0.600 bits per heavy atom. The minimum atomic E-state index is 1.20. The predicted octanol–water partition coefficient (Wildman–Crippen LogP) is 7.33. The van der Waals surface area contributed by atoms with Gasteiger partial charge in [0.15, 0.2) is 0 Å². The Labute approximate surface area is 142 Å². The van der Waals surface area contributed by atoms with Crippen LogP contribution < -0.4 is 0 Å². The molecule has 20 heavy (non-hydrogen) atoms. The van der Waals surface area contributed by atoms with Gasteiger partial charge in [-0.3, -0.25) is 0 Å². The molecule has 2 aromatic heterocycles. The predicted molar refractivity (Wildman–Crippen MR) is 99.1 cm³/mol. The van der Waals surface area contributed by atoms with E-state index in [1.165, 1.54) is 27.7 Å². The normalized spacial score (nSPS) is 10.5.